The molecule has 0 aliphatic carbocycles. The number of hydrogen-bond donors (Lipinski definition) is 3. The number of nitrogens with zero attached hydrogens (tertiary/aromatic N) is 1. The summed E-state index contributed by atoms with van der Waals surface area (Å²) in [5.41, 5.74) is 0. The molecule has 2 rings (SSSR count). The van der Waals surface area contributed by atoms with Gasteiger partial charge in [0.15, 0.2) is 0 Å². The fraction of sp³-hybridized carbons (Fsp3) is 0.750. The van der Waals surface area contributed by atoms with Crippen LogP contribution in [0.15, 0.2) is 0 Å². The fourth-order valence-electron chi connectivity index (χ4n) is 2.39. The lowest BCUT2D eigenvalue weighted by atomic mass is 10.2. The number of ether oxygens (including phenoxy) is 1. The Morgan fingerprint density at radius 3 is 2.95 bits per heavy atom. The first-order valence-corrected chi connectivity index (χ1v) is 6.73. The average Bonchev–Trinajstić information content (AvgIpc) is 2.91. The van der Waals surface area contributed by atoms with Gasteiger partial charge < -0.3 is 20.5 Å². The van der Waals surface area contributed by atoms with Crippen LogP contribution in [0.5, 0.6) is 0 Å². The van der Waals surface area contributed by atoms with Gasteiger partial charge >= 0.3 is 12.0 Å². The van der Waals surface area contributed by atoms with Crippen molar-refractivity contribution in [1.29, 1.82) is 0 Å². The number of nitrogens with one attached hydrogen (secondary N) is 2. The van der Waals surface area contributed by atoms with Gasteiger partial charge in [0.05, 0.1) is 6.10 Å². The molecule has 2 aliphatic rings. The molecule has 20 heavy (non-hydrogen) atoms. The molecular formula is C12H19N3O5. The van der Waals surface area contributed by atoms with Gasteiger partial charge in [-0.1, -0.05) is 0 Å². The van der Waals surface area contributed by atoms with Crippen LogP contribution in [0.25, 0.3) is 0 Å². The molecule has 112 valence electrons. The monoisotopic (exact) mass is 285 g/mol. The van der Waals surface area contributed by atoms with Gasteiger partial charge in [-0.05, 0) is 19.3 Å². The van der Waals surface area contributed by atoms with Crippen molar-refractivity contribution in [3.63, 3.8) is 0 Å². The fourth-order valence-corrected chi connectivity index (χ4v) is 2.39. The number of urea groups is 1. The number of carbonyl (C=O) groups excluding carboxylic acids is 2. The maximum Gasteiger partial charge on any atom is 0.328 e. The lowest BCUT2D eigenvalue weighted by molar-refractivity contribution is -0.144. The molecular weight excluding hydrogens is 266 g/mol. The number of aliphatic carboxylic acids is 1. The number of piperazine rings is 1. The summed E-state index contributed by atoms with van der Waals surface area (Å²) in [6.07, 6.45) is 2.88. The summed E-state index contributed by atoms with van der Waals surface area (Å²) in [6, 6.07) is -1.54. The number of rotatable bonds is 4. The Morgan fingerprint density at radius 2 is 2.30 bits per heavy atom. The standard InChI is InChI=1S/C12H19N3O5/c16-10-7-15(9(6-14-10)11(17)18)12(19)13-4-3-8-2-1-5-20-8/h8-9H,1-7H2,(H,13,19)(H,14,16)(H,17,18). The predicted molar refractivity (Wildman–Crippen MR) is 68.1 cm³/mol. The summed E-state index contributed by atoms with van der Waals surface area (Å²) < 4.78 is 5.43. The van der Waals surface area contributed by atoms with Gasteiger partial charge in [0.1, 0.15) is 12.6 Å². The molecule has 8 heteroatoms. The SMILES string of the molecule is O=C1CN(C(=O)NCCC2CCCO2)C(C(=O)O)CN1. The second kappa shape index (κ2) is 6.56. The molecule has 0 aromatic heterocycles. The highest BCUT2D eigenvalue weighted by Crippen LogP contribution is 2.14. The van der Waals surface area contributed by atoms with Crippen LogP contribution in [-0.4, -0.2) is 66.3 Å². The predicted octanol–water partition coefficient (Wildman–Crippen LogP) is -0.850. The minimum Gasteiger partial charge on any atom is -0.480 e. The third-order valence-electron chi connectivity index (χ3n) is 3.50. The van der Waals surface area contributed by atoms with Crippen molar-refractivity contribution < 1.29 is 24.2 Å². The molecule has 0 spiro atoms. The number of carbonyl (C=O) groups is 3. The van der Waals surface area contributed by atoms with Crippen LogP contribution < -0.4 is 10.6 Å². The highest BCUT2D eigenvalue weighted by molar-refractivity contribution is 5.90. The summed E-state index contributed by atoms with van der Waals surface area (Å²) in [5, 5.41) is 14.1. The lowest BCUT2D eigenvalue weighted by Crippen LogP contribution is -2.61. The van der Waals surface area contributed by atoms with E-state index in [0.717, 1.165) is 24.3 Å². The van der Waals surface area contributed by atoms with Crippen LogP contribution in [-0.2, 0) is 14.3 Å². The zero-order chi connectivity index (χ0) is 14.5. The van der Waals surface area contributed by atoms with E-state index in [-0.39, 0.29) is 25.1 Å². The maximum atomic E-state index is 12.0. The quantitative estimate of drug-likeness (QED) is 0.623. The van der Waals surface area contributed by atoms with Gasteiger partial charge in [0.2, 0.25) is 5.91 Å². The first-order chi connectivity index (χ1) is 9.58. The molecule has 2 heterocycles. The van der Waals surface area contributed by atoms with Crippen LogP contribution in [0.3, 0.4) is 0 Å². The summed E-state index contributed by atoms with van der Waals surface area (Å²) >= 11 is 0. The third-order valence-corrected chi connectivity index (χ3v) is 3.50. The van der Waals surface area contributed by atoms with Gasteiger partial charge in [-0.25, -0.2) is 9.59 Å². The third kappa shape index (κ3) is 3.60. The molecule has 3 amide bonds. The average molecular weight is 285 g/mol. The molecule has 2 aliphatic heterocycles. The Bertz CT molecular complexity index is 395. The van der Waals surface area contributed by atoms with Crippen LogP contribution in [0, 0.1) is 0 Å². The number of carboxylic acid groups (broad SMARTS) is 1. The highest BCUT2D eigenvalue weighted by atomic mass is 16.5. The molecule has 3 N–H and O–H groups in total. The van der Waals surface area contributed by atoms with E-state index in [1.165, 1.54) is 0 Å². The molecule has 0 bridgehead atoms. The van der Waals surface area contributed by atoms with E-state index in [1.54, 1.807) is 0 Å². The first-order valence-electron chi connectivity index (χ1n) is 6.73. The van der Waals surface area contributed by atoms with Crippen LogP contribution in [0.4, 0.5) is 4.79 Å². The molecule has 0 radical (unpaired) electrons. The van der Waals surface area contributed by atoms with Gasteiger partial charge in [-0.2, -0.15) is 0 Å². The van der Waals surface area contributed by atoms with Gasteiger partial charge in [0, 0.05) is 19.7 Å². The van der Waals surface area contributed by atoms with Gasteiger partial charge in [-0.3, -0.25) is 9.69 Å². The zero-order valence-electron chi connectivity index (χ0n) is 11.1. The molecule has 0 saturated carbocycles. The minimum atomic E-state index is -1.13. The van der Waals surface area contributed by atoms with E-state index in [9.17, 15) is 14.4 Å². The molecule has 8 nitrogen and oxygen atoms in total. The van der Waals surface area contributed by atoms with E-state index < -0.39 is 18.0 Å². The van der Waals surface area contributed by atoms with Crippen molar-refractivity contribution in [2.45, 2.75) is 31.4 Å². The molecule has 2 unspecified atom stereocenters. The smallest absolute Gasteiger partial charge is 0.328 e. The Balaban J connectivity index is 1.81. The largest absolute Gasteiger partial charge is 0.480 e. The first kappa shape index (κ1) is 14.6. The summed E-state index contributed by atoms with van der Waals surface area (Å²) in [7, 11) is 0. The summed E-state index contributed by atoms with van der Waals surface area (Å²) in [4.78, 5) is 35.4. The number of amides is 3. The van der Waals surface area contributed by atoms with Crippen molar-refractivity contribution in [2.75, 3.05) is 26.2 Å². The van der Waals surface area contributed by atoms with Crippen LogP contribution in [0.1, 0.15) is 19.3 Å². The van der Waals surface area contributed by atoms with Crippen LogP contribution in [0.2, 0.25) is 0 Å². The van der Waals surface area contributed by atoms with Gasteiger partial charge in [-0.15, -0.1) is 0 Å². The van der Waals surface area contributed by atoms with E-state index >= 15 is 0 Å². The number of carboxylic acids is 1. The molecule has 2 saturated heterocycles. The lowest BCUT2D eigenvalue weighted by Gasteiger charge is -2.32. The van der Waals surface area contributed by atoms with Crippen molar-refractivity contribution in [1.82, 2.24) is 15.5 Å². The summed E-state index contributed by atoms with van der Waals surface area (Å²) in [6.45, 7) is 0.871. The Hall–Kier alpha value is -1.83. The topological polar surface area (TPSA) is 108 Å². The molecule has 2 fully saturated rings. The van der Waals surface area contributed by atoms with Crippen molar-refractivity contribution in [2.24, 2.45) is 0 Å². The Morgan fingerprint density at radius 1 is 1.50 bits per heavy atom. The van der Waals surface area contributed by atoms with Gasteiger partial charge in [0.25, 0.3) is 0 Å². The Kier molecular flexibility index (Phi) is 4.78. The van der Waals surface area contributed by atoms with Crippen molar-refractivity contribution in [3.05, 3.63) is 0 Å². The van der Waals surface area contributed by atoms with Crippen molar-refractivity contribution in [3.8, 4) is 0 Å². The summed E-state index contributed by atoms with van der Waals surface area (Å²) in [5.74, 6) is -1.48. The molecule has 2 atom stereocenters. The van der Waals surface area contributed by atoms with E-state index in [1.807, 2.05) is 0 Å². The van der Waals surface area contributed by atoms with E-state index in [0.29, 0.717) is 13.0 Å². The normalized spacial score (nSPS) is 26.2. The molecule has 0 aromatic rings. The second-order valence-corrected chi connectivity index (χ2v) is 4.94. The van der Waals surface area contributed by atoms with Crippen molar-refractivity contribution >= 4 is 17.9 Å². The maximum absolute atomic E-state index is 12.0. The van der Waals surface area contributed by atoms with E-state index in [2.05, 4.69) is 10.6 Å². The van der Waals surface area contributed by atoms with Crippen LogP contribution >= 0.6 is 0 Å². The minimum absolute atomic E-state index is 0.0622. The second-order valence-electron chi connectivity index (χ2n) is 4.94. The zero-order valence-corrected chi connectivity index (χ0v) is 11.1. The number of hydrogen-bond acceptors (Lipinski definition) is 4. The Labute approximate surface area is 116 Å². The van der Waals surface area contributed by atoms with E-state index in [4.69, 9.17) is 9.84 Å². The molecule has 0 aromatic carbocycles. The highest BCUT2D eigenvalue weighted by Gasteiger charge is 2.35.